The van der Waals surface area contributed by atoms with Crippen LogP contribution < -0.4 is 32.1 Å². The summed E-state index contributed by atoms with van der Waals surface area (Å²) >= 11 is 6.76. The zero-order valence-corrected chi connectivity index (χ0v) is 29.0. The van der Waals surface area contributed by atoms with Crippen molar-refractivity contribution in [1.29, 1.82) is 0 Å². The number of thiophene rings is 4. The van der Waals surface area contributed by atoms with Crippen LogP contribution in [-0.2, 0) is 14.4 Å². The van der Waals surface area contributed by atoms with Gasteiger partial charge in [0, 0.05) is 40.7 Å². The lowest BCUT2D eigenvalue weighted by Crippen LogP contribution is -2.31. The van der Waals surface area contributed by atoms with Crippen molar-refractivity contribution in [2.24, 2.45) is 21.6 Å². The van der Waals surface area contributed by atoms with Gasteiger partial charge in [-0.3, -0.25) is 14.6 Å². The Balaban J connectivity index is 1.36. The van der Waals surface area contributed by atoms with E-state index in [2.05, 4.69) is 58.9 Å². The van der Waals surface area contributed by atoms with Gasteiger partial charge in [0.15, 0.2) is 23.2 Å². The van der Waals surface area contributed by atoms with Crippen LogP contribution in [0.2, 0.25) is 0 Å². The van der Waals surface area contributed by atoms with Crippen molar-refractivity contribution in [1.82, 2.24) is 10.6 Å². The maximum absolute atomic E-state index is 12.7. The molecule has 2 amide bonds. The van der Waals surface area contributed by atoms with E-state index < -0.39 is 5.91 Å². The number of hydrogen-bond acceptors (Lipinski definition) is 10. The first-order chi connectivity index (χ1) is 22.1. The van der Waals surface area contributed by atoms with Crippen LogP contribution in [0.25, 0.3) is 35.3 Å². The van der Waals surface area contributed by atoms with Crippen molar-refractivity contribution in [2.75, 3.05) is 33.4 Å². The summed E-state index contributed by atoms with van der Waals surface area (Å²) in [5.41, 5.74) is 14.1. The van der Waals surface area contributed by atoms with Gasteiger partial charge in [-0.1, -0.05) is 21.8 Å². The van der Waals surface area contributed by atoms with E-state index in [0.717, 1.165) is 25.3 Å². The quantitative estimate of drug-likeness (QED) is 0.0336. The molecule has 4 rings (SSSR count). The number of methoxy groups -OCH3 is 1. The molecule has 0 aliphatic carbocycles. The Morgan fingerprint density at radius 3 is 2.22 bits per heavy atom. The summed E-state index contributed by atoms with van der Waals surface area (Å²) in [6, 6.07) is 12.8. The molecule has 0 aromatic carbocycles. The van der Waals surface area contributed by atoms with E-state index in [0.29, 0.717) is 0 Å². The number of guanidine groups is 1. The first-order valence-electron chi connectivity index (χ1n) is 13.9. The van der Waals surface area contributed by atoms with Crippen molar-refractivity contribution in [3.05, 3.63) is 57.5 Å². The molecular formula is C31H34N7O4S4+. The van der Waals surface area contributed by atoms with Crippen molar-refractivity contribution < 1.29 is 24.4 Å². The normalized spacial score (nSPS) is 11.3. The van der Waals surface area contributed by atoms with Gasteiger partial charge in [0.1, 0.15) is 0 Å². The summed E-state index contributed by atoms with van der Waals surface area (Å²) in [6.45, 7) is 6.59. The van der Waals surface area contributed by atoms with E-state index in [1.165, 1.54) is 36.9 Å². The number of aryl methyl sites for hydroxylation is 3. The number of carbonyl (C=O) groups excluding carboxylic acids is 2. The van der Waals surface area contributed by atoms with Crippen LogP contribution in [0, 0.1) is 26.8 Å². The molecule has 0 saturated heterocycles. The highest BCUT2D eigenvalue weighted by molar-refractivity contribution is 7.29. The standard InChI is InChI=1S/C31H33N7O4S4/c1-17-11-21(14-20(15-32)30(40)36-9-10-38-42-16-25(39)35-7-8-37-31(33)34)43-28(17)23-13-19(3)29(46-23)24-12-18(2)27(45-24)22-5-6-26(41-4)44-22/h5-6,10-14H,7-9,16H2,1-4H3,(H,35,39)(H,36,40)(H4,33,34,37)/p+1/b20-14+,38-10-. The predicted octanol–water partition coefficient (Wildman–Crippen LogP) is 3.53. The average molecular weight is 697 g/mol. The Hall–Kier alpha value is -4.49. The molecule has 46 heavy (non-hydrogen) atoms. The number of amides is 2. The van der Waals surface area contributed by atoms with Gasteiger partial charge in [0.25, 0.3) is 11.8 Å². The lowest BCUT2D eigenvalue weighted by molar-refractivity contribution is -0.125. The Labute approximate surface area is 282 Å². The fourth-order valence-corrected chi connectivity index (χ4v) is 8.99. The number of rotatable bonds is 14. The third-order valence-corrected chi connectivity index (χ3v) is 11.6. The van der Waals surface area contributed by atoms with Crippen molar-refractivity contribution in [2.45, 2.75) is 20.8 Å². The fraction of sp³-hybridized carbons (Fsp3) is 0.258. The summed E-state index contributed by atoms with van der Waals surface area (Å²) in [6.07, 6.45) is 2.96. The second-order valence-electron chi connectivity index (χ2n) is 9.84. The highest BCUT2D eigenvalue weighted by Crippen LogP contribution is 2.47. The molecule has 0 aliphatic heterocycles. The van der Waals surface area contributed by atoms with Crippen molar-refractivity contribution in [3.63, 3.8) is 0 Å². The molecule has 0 atom stereocenters. The molecule has 11 nitrogen and oxygen atoms in total. The first-order valence-corrected chi connectivity index (χ1v) is 17.2. The third kappa shape index (κ3) is 9.04. The summed E-state index contributed by atoms with van der Waals surface area (Å²) in [7, 11) is 1.69. The molecule has 0 radical (unpaired) electrons. The minimum atomic E-state index is -0.479. The zero-order valence-electron chi connectivity index (χ0n) is 25.7. The summed E-state index contributed by atoms with van der Waals surface area (Å²) in [5, 5.41) is 17.4. The summed E-state index contributed by atoms with van der Waals surface area (Å²) in [5.74, 6) is -0.918. The van der Waals surface area contributed by atoms with Crippen LogP contribution in [0.4, 0.5) is 0 Å². The van der Waals surface area contributed by atoms with Crippen molar-refractivity contribution >= 4 is 75.4 Å². The maximum atomic E-state index is 12.7. The smallest absolute Gasteiger partial charge is 0.314 e. The molecule has 0 saturated carbocycles. The molecule has 0 bridgehead atoms. The van der Waals surface area contributed by atoms with E-state index >= 15 is 0 Å². The molecular weight excluding hydrogens is 663 g/mol. The Kier molecular flexibility index (Phi) is 12.1. The molecule has 7 N–H and O–H groups in total. The predicted molar refractivity (Wildman–Crippen MR) is 189 cm³/mol. The van der Waals surface area contributed by atoms with E-state index in [1.807, 2.05) is 19.1 Å². The maximum Gasteiger partial charge on any atom is 0.314 e. The Morgan fingerprint density at radius 1 is 0.935 bits per heavy atom. The molecule has 0 aliphatic rings. The average Bonchev–Trinajstić information content (AvgIpc) is 3.81. The number of carbonyl (C=O) groups is 2. The van der Waals surface area contributed by atoms with E-state index in [9.17, 15) is 9.59 Å². The topological polar surface area (TPSA) is 177 Å². The molecule has 4 heterocycles. The highest BCUT2D eigenvalue weighted by atomic mass is 32.1. The third-order valence-electron chi connectivity index (χ3n) is 6.32. The number of nitrogens with one attached hydrogen (secondary N) is 3. The molecule has 0 fully saturated rings. The number of nitrogens with two attached hydrogens (primary N) is 2. The van der Waals surface area contributed by atoms with Crippen LogP contribution in [0.3, 0.4) is 0 Å². The van der Waals surface area contributed by atoms with E-state index in [1.54, 1.807) is 58.5 Å². The van der Waals surface area contributed by atoms with Crippen molar-refractivity contribution in [3.8, 4) is 40.4 Å². The molecule has 0 spiro atoms. The van der Waals surface area contributed by atoms with Gasteiger partial charge in [0.05, 0.1) is 26.4 Å². The number of ether oxygens (including phenoxy) is 1. The minimum absolute atomic E-state index is 0.0415. The highest BCUT2D eigenvalue weighted by Gasteiger charge is 2.19. The molecule has 4 aromatic rings. The lowest BCUT2D eigenvalue weighted by atomic mass is 10.2. The molecule has 4 aromatic heterocycles. The number of aliphatic imine (C=N–C) groups is 1. The fourth-order valence-electron chi connectivity index (χ4n) is 4.20. The van der Waals surface area contributed by atoms with Gasteiger partial charge in [-0.25, -0.2) is 0 Å². The van der Waals surface area contributed by atoms with Crippen LogP contribution in [0.1, 0.15) is 21.6 Å². The van der Waals surface area contributed by atoms with Gasteiger partial charge in [-0.2, -0.15) is 0 Å². The minimum Gasteiger partial charge on any atom is -0.487 e. The SMILES string of the molecule is COc1ccc(-c2sc(-c3sc(-c4sc(/C=C(\C#[NH+])C(=O)NC/C=N\OCC(=O)NCCN=C(N)N)cc4C)cc3C)cc2C)s1. The largest absolute Gasteiger partial charge is 0.487 e. The van der Waals surface area contributed by atoms with Gasteiger partial charge in [-0.05, 0) is 73.9 Å². The van der Waals surface area contributed by atoms with Gasteiger partial charge in [-0.15, -0.1) is 34.0 Å². The van der Waals surface area contributed by atoms with Crippen LogP contribution >= 0.6 is 45.3 Å². The summed E-state index contributed by atoms with van der Waals surface area (Å²) in [4.78, 5) is 41.1. The van der Waals surface area contributed by atoms with Crippen LogP contribution in [0.5, 0.6) is 5.06 Å². The Bertz CT molecular complexity index is 1830. The monoisotopic (exact) mass is 696 g/mol. The summed E-state index contributed by atoms with van der Waals surface area (Å²) < 4.78 is 5.39. The number of oxime groups is 1. The number of nitrogens with zero attached hydrogens (tertiary/aromatic N) is 2. The molecule has 240 valence electrons. The van der Waals surface area contributed by atoms with Gasteiger partial charge >= 0.3 is 6.07 Å². The van der Waals surface area contributed by atoms with Gasteiger partial charge < -0.3 is 31.7 Å². The van der Waals surface area contributed by atoms with Crippen LogP contribution in [0.15, 0.2) is 46.1 Å². The van der Waals surface area contributed by atoms with Crippen LogP contribution in [-0.4, -0.2) is 57.3 Å². The first kappa shape index (κ1) is 34.4. The van der Waals surface area contributed by atoms with E-state index in [-0.39, 0.29) is 43.7 Å². The second kappa shape index (κ2) is 16.2. The Morgan fingerprint density at radius 2 is 1.59 bits per heavy atom. The lowest BCUT2D eigenvalue weighted by Gasteiger charge is -2.02. The van der Waals surface area contributed by atoms with E-state index in [4.69, 9.17) is 26.3 Å². The second-order valence-corrected chi connectivity index (χ2v) is 14.1. The zero-order chi connectivity index (χ0) is 33.2. The number of hydrogen-bond donors (Lipinski definition) is 5. The van der Waals surface area contributed by atoms with Gasteiger partial charge in [0.2, 0.25) is 0 Å². The molecule has 0 unspecified atom stereocenters. The molecule has 15 heteroatoms.